The van der Waals surface area contributed by atoms with Crippen molar-refractivity contribution < 1.29 is 18.7 Å². The van der Waals surface area contributed by atoms with Crippen molar-refractivity contribution in [2.45, 2.75) is 39.7 Å². The first-order valence-electron chi connectivity index (χ1n) is 16.8. The van der Waals surface area contributed by atoms with Gasteiger partial charge >= 0.3 is 0 Å². The van der Waals surface area contributed by atoms with Crippen LogP contribution in [0.2, 0.25) is 0 Å². The molecule has 1 saturated heterocycles. The normalized spacial score (nSPS) is 15.0. The summed E-state index contributed by atoms with van der Waals surface area (Å²) in [5.74, 6) is 0.464. The van der Waals surface area contributed by atoms with Gasteiger partial charge in [0.05, 0.1) is 36.3 Å². The van der Waals surface area contributed by atoms with E-state index in [-0.39, 0.29) is 11.8 Å². The smallest absolute Gasteiger partial charge is 0.254 e. The van der Waals surface area contributed by atoms with Gasteiger partial charge in [0.1, 0.15) is 10.8 Å². The van der Waals surface area contributed by atoms with Crippen LogP contribution in [0.25, 0.3) is 26.9 Å². The van der Waals surface area contributed by atoms with E-state index in [1.807, 2.05) is 39.8 Å². The highest BCUT2D eigenvalue weighted by molar-refractivity contribution is 7.19. The molecule has 7 rings (SSSR count). The Morgan fingerprint density at radius 2 is 1.86 bits per heavy atom. The number of rotatable bonds is 9. The number of aromatic nitrogens is 6. The van der Waals surface area contributed by atoms with Crippen LogP contribution in [-0.2, 0) is 17.8 Å². The van der Waals surface area contributed by atoms with Crippen LogP contribution in [0.5, 0.6) is 5.75 Å². The number of thiazole rings is 1. The second-order valence-electron chi connectivity index (χ2n) is 12.4. The largest absolute Gasteiger partial charge is 0.493 e. The number of carbonyl (C=O) groups is 2. The lowest BCUT2D eigenvalue weighted by atomic mass is 9.98. The summed E-state index contributed by atoms with van der Waals surface area (Å²) in [5, 5.41) is 8.63. The van der Waals surface area contributed by atoms with E-state index in [2.05, 4.69) is 34.4 Å². The second-order valence-corrected chi connectivity index (χ2v) is 13.4. The van der Waals surface area contributed by atoms with Crippen molar-refractivity contribution in [2.24, 2.45) is 0 Å². The van der Waals surface area contributed by atoms with Gasteiger partial charge in [-0.1, -0.05) is 24.3 Å². The Hall–Kier alpha value is -5.24. The Balaban J connectivity index is 1.17. The van der Waals surface area contributed by atoms with Gasteiger partial charge in [0.15, 0.2) is 11.6 Å². The fraction of sp³-hybridized carbons (Fsp3) is 0.361. The number of benzene rings is 1. The van der Waals surface area contributed by atoms with Crippen molar-refractivity contribution in [1.29, 1.82) is 0 Å². The van der Waals surface area contributed by atoms with Crippen LogP contribution in [-0.4, -0.2) is 97.9 Å². The first-order chi connectivity index (χ1) is 24.3. The van der Waals surface area contributed by atoms with E-state index >= 15 is 0 Å². The fourth-order valence-electron chi connectivity index (χ4n) is 6.56. The highest BCUT2D eigenvalue weighted by Crippen LogP contribution is 2.38. The number of fused-ring (bicyclic) bond motifs is 1. The van der Waals surface area contributed by atoms with Gasteiger partial charge in [-0.2, -0.15) is 0 Å². The van der Waals surface area contributed by atoms with Gasteiger partial charge in [0.2, 0.25) is 5.91 Å². The lowest BCUT2D eigenvalue weighted by Gasteiger charge is -2.36. The molecule has 0 atom stereocenters. The van der Waals surface area contributed by atoms with Crippen molar-refractivity contribution in [3.05, 3.63) is 82.8 Å². The average molecular weight is 696 g/mol. The highest BCUT2D eigenvalue weighted by atomic mass is 32.1. The third-order valence-corrected chi connectivity index (χ3v) is 10.2. The molecule has 0 unspecified atom stereocenters. The minimum Gasteiger partial charge on any atom is -0.493 e. The van der Waals surface area contributed by atoms with Crippen LogP contribution < -0.4 is 9.64 Å². The average Bonchev–Trinajstić information content (AvgIpc) is 3.84. The van der Waals surface area contributed by atoms with Crippen LogP contribution >= 0.6 is 11.3 Å². The molecular weight excluding hydrogens is 658 g/mol. The number of piperazine rings is 1. The zero-order chi connectivity index (χ0) is 34.8. The zero-order valence-corrected chi connectivity index (χ0v) is 29.1. The second kappa shape index (κ2) is 14.3. The number of pyridine rings is 2. The zero-order valence-electron chi connectivity index (χ0n) is 28.3. The van der Waals surface area contributed by atoms with Crippen LogP contribution in [0.4, 0.5) is 10.2 Å². The number of carbonyl (C=O) groups excluding carboxylic acids is 2. The summed E-state index contributed by atoms with van der Waals surface area (Å²) in [5.41, 5.74) is 6.10. The number of aryl methyl sites for hydroxylation is 3. The van der Waals surface area contributed by atoms with E-state index in [1.165, 1.54) is 19.4 Å². The maximum Gasteiger partial charge on any atom is 0.254 e. The Kier molecular flexibility index (Phi) is 9.52. The number of anilines is 1. The molecule has 14 heteroatoms. The predicted octanol–water partition coefficient (Wildman–Crippen LogP) is 5.03. The maximum atomic E-state index is 14.1. The molecule has 0 bridgehead atoms. The molecule has 0 aliphatic carbocycles. The van der Waals surface area contributed by atoms with E-state index in [0.717, 1.165) is 56.2 Å². The van der Waals surface area contributed by atoms with Gasteiger partial charge in [-0.25, -0.2) is 14.4 Å². The van der Waals surface area contributed by atoms with Gasteiger partial charge in [-0.05, 0) is 38.0 Å². The minimum absolute atomic E-state index is 0.0628. The number of hydrogen-bond acceptors (Lipinski definition) is 10. The van der Waals surface area contributed by atoms with Crippen LogP contribution in [0.15, 0.2) is 55.0 Å². The number of methoxy groups -OCH3 is 1. The Morgan fingerprint density at radius 3 is 2.62 bits per heavy atom. The lowest BCUT2D eigenvalue weighted by molar-refractivity contribution is -0.131. The molecule has 5 aromatic rings. The van der Waals surface area contributed by atoms with Gasteiger partial charge < -0.3 is 19.4 Å². The van der Waals surface area contributed by atoms with Crippen molar-refractivity contribution in [3.63, 3.8) is 0 Å². The molecule has 0 spiro atoms. The van der Waals surface area contributed by atoms with Crippen LogP contribution in [0.1, 0.15) is 46.5 Å². The lowest BCUT2D eigenvalue weighted by Crippen LogP contribution is -2.49. The van der Waals surface area contributed by atoms with Crippen molar-refractivity contribution >= 4 is 44.8 Å². The highest BCUT2D eigenvalue weighted by Gasteiger charge is 2.28. The van der Waals surface area contributed by atoms with Crippen molar-refractivity contribution in [3.8, 4) is 16.9 Å². The molecule has 2 aliphatic heterocycles. The summed E-state index contributed by atoms with van der Waals surface area (Å²) in [6, 6.07) is 9.28. The molecule has 0 radical (unpaired) electrons. The van der Waals surface area contributed by atoms with Gasteiger partial charge in [0.25, 0.3) is 5.91 Å². The first kappa shape index (κ1) is 33.3. The Labute approximate surface area is 293 Å². The summed E-state index contributed by atoms with van der Waals surface area (Å²) in [4.78, 5) is 47.3. The minimum atomic E-state index is -0.461. The molecule has 12 nitrogen and oxygen atoms in total. The molecule has 2 aliphatic rings. The molecule has 0 N–H and O–H groups in total. The quantitative estimate of drug-likeness (QED) is 0.209. The maximum absolute atomic E-state index is 14.1. The Bertz CT molecular complexity index is 2070. The first-order valence-corrected chi connectivity index (χ1v) is 17.6. The molecule has 0 saturated carbocycles. The molecule has 50 heavy (non-hydrogen) atoms. The number of halogens is 1. The molecule has 2 amide bonds. The van der Waals surface area contributed by atoms with Crippen LogP contribution in [0, 0.1) is 12.7 Å². The molecule has 4 aromatic heterocycles. The van der Waals surface area contributed by atoms with E-state index in [1.54, 1.807) is 28.4 Å². The fourth-order valence-corrected chi connectivity index (χ4v) is 7.62. The van der Waals surface area contributed by atoms with E-state index in [0.29, 0.717) is 69.4 Å². The Morgan fingerprint density at radius 1 is 1.02 bits per heavy atom. The number of amides is 2. The van der Waals surface area contributed by atoms with Crippen molar-refractivity contribution in [1.82, 2.24) is 39.7 Å². The summed E-state index contributed by atoms with van der Waals surface area (Å²) in [7, 11) is 1.49. The van der Waals surface area contributed by atoms with Crippen molar-refractivity contribution in [2.75, 3.05) is 51.3 Å². The van der Waals surface area contributed by atoms with Gasteiger partial charge in [-0.3, -0.25) is 19.3 Å². The van der Waals surface area contributed by atoms with E-state index < -0.39 is 5.82 Å². The number of ether oxygens (including phenoxy) is 1. The van der Waals surface area contributed by atoms with Crippen LogP contribution in [0.3, 0.4) is 0 Å². The summed E-state index contributed by atoms with van der Waals surface area (Å²) in [6.45, 7) is 7.68. The molecule has 1 fully saturated rings. The topological polar surface area (TPSA) is 122 Å². The molecule has 1 aromatic carbocycles. The molecular formula is C36H38FN9O3S. The summed E-state index contributed by atoms with van der Waals surface area (Å²) in [6.07, 6.45) is 8.52. The number of nitrogens with zero attached hydrogens (tertiary/aromatic N) is 9. The SMILES string of the molecule is CCc1nc(C)ccc1-c1cc(C(=O)N2CCN(c3ncc(F)cc3OC)CC2)cc2sc(C3=CCCN(C(=O)CCn4ccnn4)C3)nc12. The van der Waals surface area contributed by atoms with Gasteiger partial charge in [0, 0.05) is 91.6 Å². The summed E-state index contributed by atoms with van der Waals surface area (Å²) >= 11 is 1.54. The third kappa shape index (κ3) is 6.79. The van der Waals surface area contributed by atoms with E-state index in [9.17, 15) is 14.0 Å². The van der Waals surface area contributed by atoms with Gasteiger partial charge in [-0.15, -0.1) is 16.4 Å². The third-order valence-electron chi connectivity index (χ3n) is 9.17. The monoisotopic (exact) mass is 695 g/mol. The van der Waals surface area contributed by atoms with E-state index in [4.69, 9.17) is 14.7 Å². The number of hydrogen-bond donors (Lipinski definition) is 0. The molecule has 6 heterocycles. The predicted molar refractivity (Wildman–Crippen MR) is 190 cm³/mol. The standard InChI is InChI=1S/C36H38FN9O3S/c1-4-29-27(8-7-23(2)40-29)28-18-25(36(48)44-16-14-43(15-17-44)34-30(49-3)20-26(37)21-38-34)19-31-33(28)41-35(50-31)24-6-5-11-45(22-24)32(47)9-12-46-13-10-39-42-46/h6-8,10,13,18-21H,4-5,9,11-12,14-17,22H2,1-3H3. The summed E-state index contributed by atoms with van der Waals surface area (Å²) < 4.78 is 21.7. The molecule has 258 valence electrons.